The minimum absolute atomic E-state index is 0.00382. The molecule has 0 saturated heterocycles. The smallest absolute Gasteiger partial charge is 0.313 e. The van der Waals surface area contributed by atoms with Gasteiger partial charge in [-0.3, -0.25) is 4.79 Å². The lowest BCUT2D eigenvalue weighted by Crippen LogP contribution is -2.03. The van der Waals surface area contributed by atoms with E-state index in [-0.39, 0.29) is 5.75 Å². The minimum atomic E-state index is -0.848. The van der Waals surface area contributed by atoms with Gasteiger partial charge in [0.1, 0.15) is 5.82 Å². The van der Waals surface area contributed by atoms with Gasteiger partial charge in [-0.2, -0.15) is 0 Å². The zero-order chi connectivity index (χ0) is 14.5. The Morgan fingerprint density at radius 1 is 1.35 bits per heavy atom. The van der Waals surface area contributed by atoms with Crippen molar-refractivity contribution in [2.24, 2.45) is 7.05 Å². The molecule has 0 aliphatic rings. The highest BCUT2D eigenvalue weighted by Gasteiger charge is 2.10. The van der Waals surface area contributed by atoms with Crippen molar-refractivity contribution < 1.29 is 9.90 Å². The van der Waals surface area contributed by atoms with E-state index in [1.165, 1.54) is 22.9 Å². The lowest BCUT2D eigenvalue weighted by atomic mass is 10.1. The van der Waals surface area contributed by atoms with Gasteiger partial charge in [-0.05, 0) is 18.9 Å². The van der Waals surface area contributed by atoms with E-state index < -0.39 is 5.97 Å². The number of benzene rings is 1. The van der Waals surface area contributed by atoms with Gasteiger partial charge in [-0.1, -0.05) is 41.6 Å². The third-order valence-electron chi connectivity index (χ3n) is 2.97. The highest BCUT2D eigenvalue weighted by Crippen LogP contribution is 2.16. The molecule has 0 aliphatic heterocycles. The molecule has 0 spiro atoms. The average Bonchev–Trinajstić information content (AvgIpc) is 2.75. The summed E-state index contributed by atoms with van der Waals surface area (Å²) in [6, 6.07) is 8.39. The summed E-state index contributed by atoms with van der Waals surface area (Å²) in [6.07, 6.45) is 1.69. The fourth-order valence-corrected chi connectivity index (χ4v) is 2.59. The van der Waals surface area contributed by atoms with Crippen LogP contribution in [0, 0.1) is 6.92 Å². The number of aliphatic carboxylic acids is 1. The Kier molecular flexibility index (Phi) is 4.79. The number of aryl methyl sites for hydroxylation is 3. The molecular weight excluding hydrogens is 274 g/mol. The molecule has 1 aromatic carbocycles. The Hall–Kier alpha value is -1.82. The van der Waals surface area contributed by atoms with Crippen LogP contribution in [0.5, 0.6) is 0 Å². The number of aromatic nitrogens is 3. The molecule has 0 atom stereocenters. The number of rotatable bonds is 6. The van der Waals surface area contributed by atoms with E-state index in [4.69, 9.17) is 5.11 Å². The Balaban J connectivity index is 1.98. The quantitative estimate of drug-likeness (QED) is 0.825. The monoisotopic (exact) mass is 291 g/mol. The summed E-state index contributed by atoms with van der Waals surface area (Å²) in [7, 11) is 1.87. The predicted molar refractivity (Wildman–Crippen MR) is 77.9 cm³/mol. The maximum absolute atomic E-state index is 10.6. The Morgan fingerprint density at radius 3 is 2.85 bits per heavy atom. The van der Waals surface area contributed by atoms with E-state index in [1.807, 2.05) is 11.6 Å². The van der Waals surface area contributed by atoms with Crippen LogP contribution in [-0.4, -0.2) is 31.6 Å². The minimum Gasteiger partial charge on any atom is -0.481 e. The van der Waals surface area contributed by atoms with Crippen LogP contribution in [0.2, 0.25) is 0 Å². The van der Waals surface area contributed by atoms with Gasteiger partial charge in [0, 0.05) is 13.5 Å². The summed E-state index contributed by atoms with van der Waals surface area (Å²) in [5.74, 6) is 0.0304. The molecule has 0 fully saturated rings. The first-order valence-corrected chi connectivity index (χ1v) is 7.33. The van der Waals surface area contributed by atoms with Crippen molar-refractivity contribution in [3.63, 3.8) is 0 Å². The highest BCUT2D eigenvalue weighted by molar-refractivity contribution is 7.99. The summed E-state index contributed by atoms with van der Waals surface area (Å²) in [4.78, 5) is 10.6. The SMILES string of the molecule is Cc1cccc(CCc2nnc(SCC(=O)O)n2C)c1. The number of hydrogen-bond acceptors (Lipinski definition) is 4. The maximum Gasteiger partial charge on any atom is 0.313 e. The van der Waals surface area contributed by atoms with Crippen LogP contribution in [0.3, 0.4) is 0 Å². The Labute approximate surface area is 122 Å². The topological polar surface area (TPSA) is 68.0 Å². The second-order valence-electron chi connectivity index (χ2n) is 4.63. The fraction of sp³-hybridized carbons (Fsp3) is 0.357. The highest BCUT2D eigenvalue weighted by atomic mass is 32.2. The molecule has 5 nitrogen and oxygen atoms in total. The van der Waals surface area contributed by atoms with Gasteiger partial charge < -0.3 is 9.67 Å². The molecule has 0 amide bonds. The third kappa shape index (κ3) is 3.84. The van der Waals surface area contributed by atoms with E-state index in [2.05, 4.69) is 41.4 Å². The van der Waals surface area contributed by atoms with Crippen LogP contribution >= 0.6 is 11.8 Å². The molecule has 1 aromatic heterocycles. The number of carbonyl (C=O) groups is 1. The molecule has 2 rings (SSSR count). The van der Waals surface area contributed by atoms with Crippen LogP contribution in [-0.2, 0) is 24.7 Å². The van der Waals surface area contributed by atoms with Crippen LogP contribution in [0.15, 0.2) is 29.4 Å². The molecule has 1 heterocycles. The average molecular weight is 291 g/mol. The number of carboxylic acid groups (broad SMARTS) is 1. The first-order chi connectivity index (χ1) is 9.56. The lowest BCUT2D eigenvalue weighted by Gasteiger charge is -2.04. The van der Waals surface area contributed by atoms with E-state index >= 15 is 0 Å². The molecule has 0 aliphatic carbocycles. The molecule has 0 saturated carbocycles. The van der Waals surface area contributed by atoms with Crippen molar-refractivity contribution in [3.05, 3.63) is 41.2 Å². The number of hydrogen-bond donors (Lipinski definition) is 1. The molecule has 1 N–H and O–H groups in total. The Bertz CT molecular complexity index is 610. The summed E-state index contributed by atoms with van der Waals surface area (Å²) in [5.41, 5.74) is 2.52. The van der Waals surface area contributed by atoms with Gasteiger partial charge in [0.05, 0.1) is 5.75 Å². The largest absolute Gasteiger partial charge is 0.481 e. The molecule has 106 valence electrons. The fourth-order valence-electron chi connectivity index (χ4n) is 1.94. The van der Waals surface area contributed by atoms with Gasteiger partial charge in [-0.25, -0.2) is 0 Å². The van der Waals surface area contributed by atoms with Crippen LogP contribution in [0.4, 0.5) is 0 Å². The first kappa shape index (κ1) is 14.6. The van der Waals surface area contributed by atoms with Crippen molar-refractivity contribution in [1.29, 1.82) is 0 Å². The van der Waals surface area contributed by atoms with E-state index in [0.29, 0.717) is 5.16 Å². The second kappa shape index (κ2) is 6.56. The summed E-state index contributed by atoms with van der Waals surface area (Å²) >= 11 is 1.19. The second-order valence-corrected chi connectivity index (χ2v) is 5.57. The van der Waals surface area contributed by atoms with E-state index in [9.17, 15) is 4.79 Å². The molecule has 6 heteroatoms. The molecule has 0 unspecified atom stereocenters. The standard InChI is InChI=1S/C14H17N3O2S/c1-10-4-3-5-11(8-10)6-7-12-15-16-14(17(12)2)20-9-13(18)19/h3-5,8H,6-7,9H2,1-2H3,(H,18,19). The van der Waals surface area contributed by atoms with Crippen molar-refractivity contribution >= 4 is 17.7 Å². The number of nitrogens with zero attached hydrogens (tertiary/aromatic N) is 3. The molecule has 2 aromatic rings. The number of carboxylic acids is 1. The normalized spacial score (nSPS) is 10.7. The predicted octanol–water partition coefficient (Wildman–Crippen LogP) is 2.09. The molecule has 0 radical (unpaired) electrons. The van der Waals surface area contributed by atoms with Gasteiger partial charge in [0.2, 0.25) is 0 Å². The zero-order valence-electron chi connectivity index (χ0n) is 11.5. The van der Waals surface area contributed by atoms with Gasteiger partial charge in [0.15, 0.2) is 5.16 Å². The summed E-state index contributed by atoms with van der Waals surface area (Å²) in [5, 5.41) is 17.5. The maximum atomic E-state index is 10.6. The molecule has 20 heavy (non-hydrogen) atoms. The van der Waals surface area contributed by atoms with Gasteiger partial charge >= 0.3 is 5.97 Å². The van der Waals surface area contributed by atoms with Crippen molar-refractivity contribution in [2.75, 3.05) is 5.75 Å². The molecule has 0 bridgehead atoms. The Morgan fingerprint density at radius 2 is 2.15 bits per heavy atom. The van der Waals surface area contributed by atoms with Crippen molar-refractivity contribution in [1.82, 2.24) is 14.8 Å². The van der Waals surface area contributed by atoms with Crippen LogP contribution in [0.25, 0.3) is 0 Å². The summed E-state index contributed by atoms with van der Waals surface area (Å²) in [6.45, 7) is 2.08. The first-order valence-electron chi connectivity index (χ1n) is 6.34. The van der Waals surface area contributed by atoms with Gasteiger partial charge in [0.25, 0.3) is 0 Å². The number of thioether (sulfide) groups is 1. The van der Waals surface area contributed by atoms with Crippen LogP contribution < -0.4 is 0 Å². The zero-order valence-corrected chi connectivity index (χ0v) is 12.4. The molecular formula is C14H17N3O2S. The lowest BCUT2D eigenvalue weighted by molar-refractivity contribution is -0.133. The summed E-state index contributed by atoms with van der Waals surface area (Å²) < 4.78 is 1.86. The van der Waals surface area contributed by atoms with Crippen molar-refractivity contribution in [3.8, 4) is 0 Å². The van der Waals surface area contributed by atoms with E-state index in [0.717, 1.165) is 18.7 Å². The van der Waals surface area contributed by atoms with Crippen molar-refractivity contribution in [2.45, 2.75) is 24.9 Å². The van der Waals surface area contributed by atoms with E-state index in [1.54, 1.807) is 0 Å². The third-order valence-corrected chi connectivity index (χ3v) is 3.97. The van der Waals surface area contributed by atoms with Crippen LogP contribution in [0.1, 0.15) is 17.0 Å². The van der Waals surface area contributed by atoms with Gasteiger partial charge in [-0.15, -0.1) is 10.2 Å².